The number of esters is 1. The highest BCUT2D eigenvalue weighted by Gasteiger charge is 2.16. The zero-order chi connectivity index (χ0) is 16.7. The molecule has 0 aliphatic rings. The number of Topliss-reactive ketones (excluding diaryl/α,β-unsaturated/α-hetero) is 1. The highest BCUT2D eigenvalue weighted by molar-refractivity contribution is 5.98. The molecule has 0 heterocycles. The van der Waals surface area contributed by atoms with Gasteiger partial charge in [-0.1, -0.05) is 13.8 Å². The van der Waals surface area contributed by atoms with Crippen LogP contribution >= 0.6 is 0 Å². The predicted octanol–water partition coefficient (Wildman–Crippen LogP) is 4.04. The maximum Gasteiger partial charge on any atom is 0.305 e. The van der Waals surface area contributed by atoms with Crippen molar-refractivity contribution in [2.75, 3.05) is 13.7 Å². The molecule has 4 heteroatoms. The Balaban J connectivity index is 2.91. The molecule has 0 aliphatic heterocycles. The molecule has 0 aromatic heterocycles. The number of methoxy groups -OCH3 is 1. The van der Waals surface area contributed by atoms with E-state index >= 15 is 0 Å². The van der Waals surface area contributed by atoms with Crippen LogP contribution in [0.15, 0.2) is 12.1 Å². The van der Waals surface area contributed by atoms with Gasteiger partial charge in [-0.3, -0.25) is 9.59 Å². The fourth-order valence-corrected chi connectivity index (χ4v) is 2.36. The Morgan fingerprint density at radius 3 is 2.41 bits per heavy atom. The lowest BCUT2D eigenvalue weighted by atomic mass is 9.93. The first-order valence-corrected chi connectivity index (χ1v) is 7.78. The van der Waals surface area contributed by atoms with Gasteiger partial charge in [0.05, 0.1) is 13.7 Å². The molecule has 0 radical (unpaired) electrons. The maximum absolute atomic E-state index is 12.4. The van der Waals surface area contributed by atoms with Crippen LogP contribution in [0.2, 0.25) is 0 Å². The van der Waals surface area contributed by atoms with Crippen molar-refractivity contribution in [2.45, 2.75) is 52.9 Å². The summed E-state index contributed by atoms with van der Waals surface area (Å²) in [6, 6.07) is 3.87. The highest BCUT2D eigenvalue weighted by atomic mass is 16.5. The van der Waals surface area contributed by atoms with Crippen molar-refractivity contribution in [3.05, 3.63) is 28.8 Å². The highest BCUT2D eigenvalue weighted by Crippen LogP contribution is 2.30. The summed E-state index contributed by atoms with van der Waals surface area (Å²) in [6.07, 6.45) is 1.13. The number of ether oxygens (including phenoxy) is 2. The molecule has 0 aliphatic carbocycles. The number of aryl methyl sites for hydroxylation is 1. The Labute approximate surface area is 132 Å². The van der Waals surface area contributed by atoms with Gasteiger partial charge in [0.2, 0.25) is 0 Å². The van der Waals surface area contributed by atoms with E-state index in [0.717, 1.165) is 22.4 Å². The first-order chi connectivity index (χ1) is 10.4. The zero-order valence-corrected chi connectivity index (χ0v) is 14.2. The number of rotatable bonds is 8. The second-order valence-electron chi connectivity index (χ2n) is 5.65. The molecule has 1 aromatic carbocycles. The van der Waals surface area contributed by atoms with Gasteiger partial charge in [-0.15, -0.1) is 0 Å². The topological polar surface area (TPSA) is 52.6 Å². The molecular formula is C18H26O4. The van der Waals surface area contributed by atoms with E-state index in [1.165, 1.54) is 7.11 Å². The van der Waals surface area contributed by atoms with E-state index in [0.29, 0.717) is 19.4 Å². The monoisotopic (exact) mass is 306 g/mol. The van der Waals surface area contributed by atoms with Crippen LogP contribution in [-0.2, 0) is 9.53 Å². The molecule has 0 N–H and O–H groups in total. The molecule has 122 valence electrons. The van der Waals surface area contributed by atoms with Gasteiger partial charge in [0, 0.05) is 18.4 Å². The molecule has 22 heavy (non-hydrogen) atoms. The van der Waals surface area contributed by atoms with Crippen LogP contribution in [-0.4, -0.2) is 25.5 Å². The number of hydrogen-bond donors (Lipinski definition) is 0. The van der Waals surface area contributed by atoms with Crippen molar-refractivity contribution in [3.8, 4) is 5.75 Å². The quantitative estimate of drug-likeness (QED) is 0.537. The van der Waals surface area contributed by atoms with Gasteiger partial charge in [-0.2, -0.15) is 0 Å². The Hall–Kier alpha value is -1.84. The summed E-state index contributed by atoms with van der Waals surface area (Å²) in [6.45, 7) is 8.63. The van der Waals surface area contributed by atoms with Crippen LogP contribution in [0.25, 0.3) is 0 Å². The van der Waals surface area contributed by atoms with Gasteiger partial charge in [0.15, 0.2) is 5.78 Å². The lowest BCUT2D eigenvalue weighted by Gasteiger charge is -2.16. The molecule has 0 fully saturated rings. The lowest BCUT2D eigenvalue weighted by Crippen LogP contribution is -2.08. The van der Waals surface area contributed by atoms with Gasteiger partial charge in [0.1, 0.15) is 5.75 Å². The average Bonchev–Trinajstić information content (AvgIpc) is 2.46. The van der Waals surface area contributed by atoms with Crippen molar-refractivity contribution in [3.63, 3.8) is 0 Å². The van der Waals surface area contributed by atoms with Crippen LogP contribution in [0.5, 0.6) is 5.75 Å². The maximum atomic E-state index is 12.4. The van der Waals surface area contributed by atoms with E-state index in [4.69, 9.17) is 4.74 Å². The molecule has 0 bridgehead atoms. The summed E-state index contributed by atoms with van der Waals surface area (Å²) in [5, 5.41) is 0. The normalized spacial score (nSPS) is 10.6. The minimum absolute atomic E-state index is 0.0614. The molecule has 0 saturated heterocycles. The number of ketones is 1. The summed E-state index contributed by atoms with van der Waals surface area (Å²) >= 11 is 0. The van der Waals surface area contributed by atoms with E-state index in [1.807, 2.05) is 26.0 Å². The Bertz CT molecular complexity index is 532. The minimum Gasteiger partial charge on any atom is -0.494 e. The SMILES string of the molecule is CCOc1cc(C)c(C(=O)CCCC(=O)OC)cc1C(C)C. The largest absolute Gasteiger partial charge is 0.494 e. The molecule has 0 amide bonds. The number of carbonyl (C=O) groups excluding carboxylic acids is 2. The van der Waals surface area contributed by atoms with Crippen molar-refractivity contribution < 1.29 is 19.1 Å². The van der Waals surface area contributed by atoms with Gasteiger partial charge in [-0.05, 0) is 49.4 Å². The van der Waals surface area contributed by atoms with E-state index in [9.17, 15) is 9.59 Å². The third kappa shape index (κ3) is 4.86. The van der Waals surface area contributed by atoms with Gasteiger partial charge in [0.25, 0.3) is 0 Å². The second kappa shape index (κ2) is 8.57. The Kier molecular flexibility index (Phi) is 7.09. The number of hydrogen-bond acceptors (Lipinski definition) is 4. The third-order valence-corrected chi connectivity index (χ3v) is 3.59. The zero-order valence-electron chi connectivity index (χ0n) is 14.2. The van der Waals surface area contributed by atoms with Crippen molar-refractivity contribution >= 4 is 11.8 Å². The average molecular weight is 306 g/mol. The lowest BCUT2D eigenvalue weighted by molar-refractivity contribution is -0.140. The molecule has 1 rings (SSSR count). The standard InChI is InChI=1S/C18H26O4/c1-6-22-17-10-13(4)15(11-14(17)12(2)3)16(19)8-7-9-18(20)21-5/h10-12H,6-9H2,1-5H3. The van der Waals surface area contributed by atoms with Crippen molar-refractivity contribution in [1.82, 2.24) is 0 Å². The Morgan fingerprint density at radius 2 is 1.86 bits per heavy atom. The minimum atomic E-state index is -0.279. The van der Waals surface area contributed by atoms with Crippen LogP contribution in [0.1, 0.15) is 67.4 Å². The van der Waals surface area contributed by atoms with E-state index in [2.05, 4.69) is 18.6 Å². The summed E-state index contributed by atoms with van der Waals surface area (Å²) in [5.41, 5.74) is 2.68. The van der Waals surface area contributed by atoms with Crippen LogP contribution in [0.3, 0.4) is 0 Å². The van der Waals surface area contributed by atoms with Gasteiger partial charge < -0.3 is 9.47 Å². The smallest absolute Gasteiger partial charge is 0.305 e. The van der Waals surface area contributed by atoms with Crippen LogP contribution < -0.4 is 4.74 Å². The molecule has 4 nitrogen and oxygen atoms in total. The third-order valence-electron chi connectivity index (χ3n) is 3.59. The Morgan fingerprint density at radius 1 is 1.18 bits per heavy atom. The molecule has 0 unspecified atom stereocenters. The first-order valence-electron chi connectivity index (χ1n) is 7.78. The van der Waals surface area contributed by atoms with Crippen LogP contribution in [0, 0.1) is 6.92 Å². The van der Waals surface area contributed by atoms with Crippen molar-refractivity contribution in [2.24, 2.45) is 0 Å². The van der Waals surface area contributed by atoms with E-state index < -0.39 is 0 Å². The van der Waals surface area contributed by atoms with E-state index in [-0.39, 0.29) is 24.1 Å². The molecule has 0 saturated carbocycles. The molecule has 0 spiro atoms. The van der Waals surface area contributed by atoms with Gasteiger partial charge >= 0.3 is 5.97 Å². The van der Waals surface area contributed by atoms with Crippen molar-refractivity contribution in [1.29, 1.82) is 0 Å². The number of carbonyl (C=O) groups is 2. The number of benzene rings is 1. The molecule has 1 aromatic rings. The van der Waals surface area contributed by atoms with Gasteiger partial charge in [-0.25, -0.2) is 0 Å². The molecular weight excluding hydrogens is 280 g/mol. The second-order valence-corrected chi connectivity index (χ2v) is 5.65. The summed E-state index contributed by atoms with van der Waals surface area (Å²) in [5.74, 6) is 0.912. The summed E-state index contributed by atoms with van der Waals surface area (Å²) in [7, 11) is 1.36. The van der Waals surface area contributed by atoms with Crippen LogP contribution in [0.4, 0.5) is 0 Å². The summed E-state index contributed by atoms with van der Waals surface area (Å²) < 4.78 is 10.3. The predicted molar refractivity (Wildman–Crippen MR) is 86.6 cm³/mol. The first kappa shape index (κ1) is 18.2. The molecule has 0 atom stereocenters. The van der Waals surface area contributed by atoms with E-state index in [1.54, 1.807) is 0 Å². The fourth-order valence-electron chi connectivity index (χ4n) is 2.36. The fraction of sp³-hybridized carbons (Fsp3) is 0.556. The summed E-state index contributed by atoms with van der Waals surface area (Å²) in [4.78, 5) is 23.5.